The van der Waals surface area contributed by atoms with Gasteiger partial charge in [0, 0.05) is 6.07 Å². The van der Waals surface area contributed by atoms with Crippen LogP contribution in [0, 0.1) is 11.3 Å². The summed E-state index contributed by atoms with van der Waals surface area (Å²) in [6.45, 7) is 0.538. The first-order valence-corrected chi connectivity index (χ1v) is 5.99. The summed E-state index contributed by atoms with van der Waals surface area (Å²) in [6, 6.07) is 11.7. The standard InChI is InChI=1S/C15H10NO4/c16-7-11-2-3-12(6-13(11)17)18-8-10-1-4-14-15(5-10)20-9-19-14/h1-6H,8-9H2. The van der Waals surface area contributed by atoms with Crippen molar-refractivity contribution in [3.05, 3.63) is 47.5 Å². The highest BCUT2D eigenvalue weighted by molar-refractivity contribution is 5.47. The highest BCUT2D eigenvalue weighted by Gasteiger charge is 2.13. The molecule has 1 aliphatic rings. The van der Waals surface area contributed by atoms with Gasteiger partial charge in [0.15, 0.2) is 17.2 Å². The fourth-order valence-corrected chi connectivity index (χ4v) is 1.88. The smallest absolute Gasteiger partial charge is 0.231 e. The van der Waals surface area contributed by atoms with Crippen LogP contribution >= 0.6 is 0 Å². The van der Waals surface area contributed by atoms with E-state index >= 15 is 0 Å². The third-order valence-electron chi connectivity index (χ3n) is 2.92. The lowest BCUT2D eigenvalue weighted by Crippen LogP contribution is -1.95. The Kier molecular flexibility index (Phi) is 3.05. The Morgan fingerprint density at radius 1 is 1.15 bits per heavy atom. The molecule has 0 N–H and O–H groups in total. The Balaban J connectivity index is 1.70. The molecule has 5 heteroatoms. The van der Waals surface area contributed by atoms with Crippen molar-refractivity contribution in [3.8, 4) is 29.1 Å². The van der Waals surface area contributed by atoms with Gasteiger partial charge in [-0.2, -0.15) is 5.26 Å². The zero-order valence-electron chi connectivity index (χ0n) is 10.5. The molecule has 1 heterocycles. The SMILES string of the molecule is N#Cc1ccc(OCc2ccc3c(c2)OCO3)cc1[O]. The van der Waals surface area contributed by atoms with E-state index in [-0.39, 0.29) is 18.1 Å². The summed E-state index contributed by atoms with van der Waals surface area (Å²) >= 11 is 0. The lowest BCUT2D eigenvalue weighted by molar-refractivity contribution is 0.174. The molecule has 1 aliphatic heterocycles. The van der Waals surface area contributed by atoms with Crippen molar-refractivity contribution in [3.63, 3.8) is 0 Å². The topological polar surface area (TPSA) is 71.4 Å². The summed E-state index contributed by atoms with van der Waals surface area (Å²) in [4.78, 5) is 0. The first-order chi connectivity index (χ1) is 9.76. The van der Waals surface area contributed by atoms with E-state index in [9.17, 15) is 5.11 Å². The molecule has 0 saturated heterocycles. The van der Waals surface area contributed by atoms with Crippen molar-refractivity contribution < 1.29 is 19.3 Å². The van der Waals surface area contributed by atoms with Crippen LogP contribution in [0.1, 0.15) is 11.1 Å². The molecule has 0 amide bonds. The van der Waals surface area contributed by atoms with E-state index in [1.54, 1.807) is 6.07 Å². The van der Waals surface area contributed by atoms with E-state index in [0.717, 1.165) is 5.56 Å². The Morgan fingerprint density at radius 3 is 2.80 bits per heavy atom. The second-order valence-electron chi connectivity index (χ2n) is 4.25. The van der Waals surface area contributed by atoms with Crippen LogP contribution in [0.25, 0.3) is 0 Å². The van der Waals surface area contributed by atoms with Crippen LogP contribution in [0.5, 0.6) is 23.0 Å². The Labute approximate surface area is 115 Å². The molecule has 0 bridgehead atoms. The number of nitrogens with zero attached hydrogens (tertiary/aromatic N) is 1. The van der Waals surface area contributed by atoms with E-state index < -0.39 is 0 Å². The first kappa shape index (κ1) is 12.2. The summed E-state index contributed by atoms with van der Waals surface area (Å²) in [5, 5.41) is 20.2. The summed E-state index contributed by atoms with van der Waals surface area (Å²) in [5.41, 5.74) is 1.02. The molecule has 0 fully saturated rings. The van der Waals surface area contributed by atoms with Crippen molar-refractivity contribution in [2.75, 3.05) is 6.79 Å². The fraction of sp³-hybridized carbons (Fsp3) is 0.133. The normalized spacial score (nSPS) is 11.9. The summed E-state index contributed by atoms with van der Waals surface area (Å²) in [7, 11) is 0. The fourth-order valence-electron chi connectivity index (χ4n) is 1.88. The molecule has 99 valence electrons. The monoisotopic (exact) mass is 268 g/mol. The summed E-state index contributed by atoms with van der Waals surface area (Å²) < 4.78 is 16.0. The zero-order valence-corrected chi connectivity index (χ0v) is 10.5. The second kappa shape index (κ2) is 5.02. The van der Waals surface area contributed by atoms with Gasteiger partial charge in [-0.05, 0) is 29.8 Å². The van der Waals surface area contributed by atoms with E-state index in [1.165, 1.54) is 12.1 Å². The molecule has 2 aromatic rings. The van der Waals surface area contributed by atoms with Gasteiger partial charge in [-0.15, -0.1) is 0 Å². The van der Waals surface area contributed by atoms with Crippen LogP contribution in [0.3, 0.4) is 0 Å². The molecule has 0 aliphatic carbocycles. The molecule has 0 aromatic heterocycles. The van der Waals surface area contributed by atoms with E-state index in [4.69, 9.17) is 19.5 Å². The highest BCUT2D eigenvalue weighted by Crippen LogP contribution is 2.33. The van der Waals surface area contributed by atoms with Crippen LogP contribution in [0.15, 0.2) is 36.4 Å². The Bertz CT molecular complexity index is 680. The second-order valence-corrected chi connectivity index (χ2v) is 4.25. The maximum Gasteiger partial charge on any atom is 0.231 e. The predicted octanol–water partition coefficient (Wildman–Crippen LogP) is 3.01. The van der Waals surface area contributed by atoms with Crippen LogP contribution in [-0.2, 0) is 11.7 Å². The highest BCUT2D eigenvalue weighted by atomic mass is 16.7. The molecule has 2 aromatic carbocycles. The number of hydrogen-bond acceptors (Lipinski definition) is 4. The van der Waals surface area contributed by atoms with Gasteiger partial charge >= 0.3 is 0 Å². The molecule has 1 radical (unpaired) electrons. The van der Waals surface area contributed by atoms with Crippen LogP contribution < -0.4 is 14.2 Å². The van der Waals surface area contributed by atoms with Gasteiger partial charge in [0.2, 0.25) is 6.79 Å². The largest absolute Gasteiger partial charge is 0.489 e. The van der Waals surface area contributed by atoms with Crippen molar-refractivity contribution in [2.24, 2.45) is 0 Å². The number of nitriles is 1. The average molecular weight is 268 g/mol. The molecule has 20 heavy (non-hydrogen) atoms. The maximum absolute atomic E-state index is 11.5. The third kappa shape index (κ3) is 2.31. The Morgan fingerprint density at radius 2 is 2.00 bits per heavy atom. The summed E-state index contributed by atoms with van der Waals surface area (Å²) in [6.07, 6.45) is 0. The number of rotatable bonds is 3. The zero-order chi connectivity index (χ0) is 13.9. The van der Waals surface area contributed by atoms with Gasteiger partial charge in [-0.25, -0.2) is 0 Å². The lowest BCUT2D eigenvalue weighted by atomic mass is 10.2. The predicted molar refractivity (Wildman–Crippen MR) is 68.2 cm³/mol. The molecule has 5 nitrogen and oxygen atoms in total. The number of fused-ring (bicyclic) bond motifs is 1. The molecular weight excluding hydrogens is 258 g/mol. The maximum atomic E-state index is 11.5. The molecule has 0 spiro atoms. The minimum atomic E-state index is -0.337. The molecule has 0 unspecified atom stereocenters. The van der Waals surface area contributed by atoms with Gasteiger partial charge < -0.3 is 14.2 Å². The van der Waals surface area contributed by atoms with Gasteiger partial charge in [0.25, 0.3) is 0 Å². The van der Waals surface area contributed by atoms with Gasteiger partial charge in [-0.1, -0.05) is 6.07 Å². The molecule has 0 atom stereocenters. The lowest BCUT2D eigenvalue weighted by Gasteiger charge is -2.07. The van der Waals surface area contributed by atoms with Crippen LogP contribution in [0.2, 0.25) is 0 Å². The third-order valence-corrected chi connectivity index (χ3v) is 2.92. The molecule has 3 rings (SSSR count). The van der Waals surface area contributed by atoms with Crippen molar-refractivity contribution in [1.82, 2.24) is 0 Å². The minimum Gasteiger partial charge on any atom is -0.489 e. The van der Waals surface area contributed by atoms with Gasteiger partial charge in [0.05, 0.1) is 5.56 Å². The number of hydrogen-bond donors (Lipinski definition) is 0. The average Bonchev–Trinajstić information content (AvgIpc) is 2.92. The van der Waals surface area contributed by atoms with Crippen molar-refractivity contribution in [2.45, 2.75) is 6.61 Å². The first-order valence-electron chi connectivity index (χ1n) is 5.99. The summed E-state index contributed by atoms with van der Waals surface area (Å²) in [5.74, 6) is 1.51. The van der Waals surface area contributed by atoms with Crippen LogP contribution in [-0.4, -0.2) is 6.79 Å². The molecular formula is C15H10NO4. The minimum absolute atomic E-state index is 0.112. The van der Waals surface area contributed by atoms with Crippen LogP contribution in [0.4, 0.5) is 0 Å². The quantitative estimate of drug-likeness (QED) is 0.857. The Hall–Kier alpha value is -2.87. The number of benzene rings is 2. The molecule has 0 saturated carbocycles. The number of ether oxygens (including phenoxy) is 3. The van der Waals surface area contributed by atoms with Crippen molar-refractivity contribution in [1.29, 1.82) is 5.26 Å². The van der Waals surface area contributed by atoms with Gasteiger partial charge in [-0.3, -0.25) is 5.11 Å². The van der Waals surface area contributed by atoms with E-state index in [1.807, 2.05) is 24.3 Å². The van der Waals surface area contributed by atoms with E-state index in [0.29, 0.717) is 23.9 Å². The van der Waals surface area contributed by atoms with E-state index in [2.05, 4.69) is 0 Å². The van der Waals surface area contributed by atoms with Gasteiger partial charge in [0.1, 0.15) is 18.4 Å². The van der Waals surface area contributed by atoms with Crippen molar-refractivity contribution >= 4 is 0 Å².